The first-order valence-corrected chi connectivity index (χ1v) is 7.40. The molecule has 0 aromatic heterocycles. The molecule has 0 fully saturated rings. The predicted octanol–water partition coefficient (Wildman–Crippen LogP) is 2.88. The minimum Gasteiger partial charge on any atom is -0.380 e. The predicted molar refractivity (Wildman–Crippen MR) is 81.3 cm³/mol. The highest BCUT2D eigenvalue weighted by Crippen LogP contribution is 2.17. The monoisotopic (exact) mass is 282 g/mol. The van der Waals surface area contributed by atoms with Gasteiger partial charge < -0.3 is 15.4 Å². The van der Waals surface area contributed by atoms with Crippen LogP contribution in [-0.2, 0) is 4.74 Å². The van der Waals surface area contributed by atoms with E-state index in [9.17, 15) is 4.39 Å². The summed E-state index contributed by atoms with van der Waals surface area (Å²) in [5.41, 5.74) is 7.68. The van der Waals surface area contributed by atoms with Crippen molar-refractivity contribution in [3.05, 3.63) is 35.1 Å². The zero-order valence-corrected chi connectivity index (χ0v) is 12.9. The van der Waals surface area contributed by atoms with E-state index in [-0.39, 0.29) is 11.9 Å². The van der Waals surface area contributed by atoms with Gasteiger partial charge in [0.15, 0.2) is 0 Å². The fourth-order valence-corrected chi connectivity index (χ4v) is 2.09. The highest BCUT2D eigenvalue weighted by molar-refractivity contribution is 5.25. The lowest BCUT2D eigenvalue weighted by Gasteiger charge is -2.22. The minimum absolute atomic E-state index is 0.119. The number of hydrogen-bond acceptors (Lipinski definition) is 3. The molecule has 0 aliphatic heterocycles. The van der Waals surface area contributed by atoms with Gasteiger partial charge in [-0.15, -0.1) is 0 Å². The molecule has 0 aliphatic rings. The van der Waals surface area contributed by atoms with E-state index < -0.39 is 0 Å². The number of halogens is 1. The molecular formula is C16H27FN2O. The third-order valence-corrected chi connectivity index (χ3v) is 3.58. The molecule has 1 unspecified atom stereocenters. The molecule has 0 amide bonds. The highest BCUT2D eigenvalue weighted by Gasteiger charge is 2.10. The maximum absolute atomic E-state index is 13.5. The van der Waals surface area contributed by atoms with Crippen LogP contribution < -0.4 is 5.73 Å². The van der Waals surface area contributed by atoms with E-state index in [4.69, 9.17) is 10.5 Å². The second kappa shape index (κ2) is 9.06. The minimum atomic E-state index is -0.179. The van der Waals surface area contributed by atoms with E-state index >= 15 is 0 Å². The maximum Gasteiger partial charge on any atom is 0.126 e. The molecule has 0 radical (unpaired) electrons. The first-order valence-electron chi connectivity index (χ1n) is 7.40. The number of benzene rings is 1. The highest BCUT2D eigenvalue weighted by atomic mass is 19.1. The SMILES string of the molecule is CCOCCN(CC)CCC(N)c1ccc(C)c(F)c1. The Morgan fingerprint density at radius 3 is 2.65 bits per heavy atom. The fourth-order valence-electron chi connectivity index (χ4n) is 2.09. The van der Waals surface area contributed by atoms with Crippen LogP contribution in [0.5, 0.6) is 0 Å². The summed E-state index contributed by atoms with van der Waals surface area (Å²) < 4.78 is 18.9. The molecule has 2 N–H and O–H groups in total. The third-order valence-electron chi connectivity index (χ3n) is 3.58. The van der Waals surface area contributed by atoms with Crippen LogP contribution in [0.4, 0.5) is 4.39 Å². The second-order valence-corrected chi connectivity index (χ2v) is 5.03. The molecule has 0 spiro atoms. The van der Waals surface area contributed by atoms with E-state index in [2.05, 4.69) is 11.8 Å². The van der Waals surface area contributed by atoms with Crippen LogP contribution in [0.1, 0.15) is 37.4 Å². The topological polar surface area (TPSA) is 38.5 Å². The summed E-state index contributed by atoms with van der Waals surface area (Å²) in [7, 11) is 0. The van der Waals surface area contributed by atoms with Gasteiger partial charge in [0.05, 0.1) is 6.61 Å². The summed E-state index contributed by atoms with van der Waals surface area (Å²) in [5.74, 6) is -0.179. The van der Waals surface area contributed by atoms with Crippen molar-refractivity contribution in [1.82, 2.24) is 4.90 Å². The second-order valence-electron chi connectivity index (χ2n) is 5.03. The zero-order chi connectivity index (χ0) is 15.0. The Labute approximate surface area is 121 Å². The van der Waals surface area contributed by atoms with E-state index in [1.165, 1.54) is 0 Å². The summed E-state index contributed by atoms with van der Waals surface area (Å²) in [4.78, 5) is 2.31. The lowest BCUT2D eigenvalue weighted by atomic mass is 10.0. The standard InChI is InChI=1S/C16H27FN2O/c1-4-19(10-11-20-5-2)9-8-16(18)14-7-6-13(3)15(17)12-14/h6-7,12,16H,4-5,8-11,18H2,1-3H3. The summed E-state index contributed by atoms with van der Waals surface area (Å²) in [6.07, 6.45) is 0.822. The van der Waals surface area contributed by atoms with E-state index in [0.29, 0.717) is 5.56 Å². The van der Waals surface area contributed by atoms with Crippen molar-refractivity contribution in [2.45, 2.75) is 33.2 Å². The van der Waals surface area contributed by atoms with Crippen molar-refractivity contribution in [3.63, 3.8) is 0 Å². The van der Waals surface area contributed by atoms with Crippen LogP contribution in [0.15, 0.2) is 18.2 Å². The Morgan fingerprint density at radius 2 is 2.05 bits per heavy atom. The van der Waals surface area contributed by atoms with Crippen LogP contribution >= 0.6 is 0 Å². The number of nitrogens with two attached hydrogens (primary N) is 1. The van der Waals surface area contributed by atoms with Crippen LogP contribution in [-0.4, -0.2) is 37.7 Å². The molecular weight excluding hydrogens is 255 g/mol. The number of hydrogen-bond donors (Lipinski definition) is 1. The summed E-state index contributed by atoms with van der Waals surface area (Å²) in [5, 5.41) is 0. The Morgan fingerprint density at radius 1 is 1.30 bits per heavy atom. The van der Waals surface area contributed by atoms with Gasteiger partial charge in [-0.1, -0.05) is 19.1 Å². The molecule has 4 heteroatoms. The van der Waals surface area contributed by atoms with Crippen molar-refractivity contribution in [2.75, 3.05) is 32.8 Å². The molecule has 0 aliphatic carbocycles. The summed E-state index contributed by atoms with van der Waals surface area (Å²) in [6, 6.07) is 5.14. The van der Waals surface area contributed by atoms with Crippen molar-refractivity contribution in [1.29, 1.82) is 0 Å². The van der Waals surface area contributed by atoms with Crippen LogP contribution in [0.2, 0.25) is 0 Å². The lowest BCUT2D eigenvalue weighted by Crippen LogP contribution is -2.30. The third kappa shape index (κ3) is 5.57. The van der Waals surface area contributed by atoms with E-state index in [0.717, 1.165) is 44.8 Å². The van der Waals surface area contributed by atoms with Crippen LogP contribution in [0.25, 0.3) is 0 Å². The zero-order valence-electron chi connectivity index (χ0n) is 12.9. The van der Waals surface area contributed by atoms with Gasteiger partial charge in [-0.25, -0.2) is 4.39 Å². The van der Waals surface area contributed by atoms with Gasteiger partial charge >= 0.3 is 0 Å². The molecule has 1 atom stereocenters. The van der Waals surface area contributed by atoms with Gasteiger partial charge in [-0.3, -0.25) is 0 Å². The summed E-state index contributed by atoms with van der Waals surface area (Å²) >= 11 is 0. The van der Waals surface area contributed by atoms with Crippen molar-refractivity contribution in [3.8, 4) is 0 Å². The Balaban J connectivity index is 2.44. The molecule has 114 valence electrons. The molecule has 0 saturated heterocycles. The number of likely N-dealkylation sites (N-methyl/N-ethyl adjacent to an activating group) is 1. The van der Waals surface area contributed by atoms with Crippen molar-refractivity contribution in [2.24, 2.45) is 5.73 Å². The Bertz CT molecular complexity index is 398. The molecule has 0 heterocycles. The van der Waals surface area contributed by atoms with Gasteiger partial charge in [0.25, 0.3) is 0 Å². The van der Waals surface area contributed by atoms with Gasteiger partial charge in [0.1, 0.15) is 5.82 Å². The first-order chi connectivity index (χ1) is 9.58. The number of nitrogens with zero attached hydrogens (tertiary/aromatic N) is 1. The molecule has 0 bridgehead atoms. The first kappa shape index (κ1) is 17.1. The average molecular weight is 282 g/mol. The molecule has 1 aromatic rings. The molecule has 3 nitrogen and oxygen atoms in total. The number of aryl methyl sites for hydroxylation is 1. The quantitative estimate of drug-likeness (QED) is 0.708. The van der Waals surface area contributed by atoms with Crippen molar-refractivity contribution >= 4 is 0 Å². The number of rotatable bonds is 9. The van der Waals surface area contributed by atoms with E-state index in [1.807, 2.05) is 13.0 Å². The van der Waals surface area contributed by atoms with Gasteiger partial charge in [-0.05, 0) is 44.0 Å². The largest absolute Gasteiger partial charge is 0.380 e. The van der Waals surface area contributed by atoms with Gasteiger partial charge in [0.2, 0.25) is 0 Å². The molecule has 1 aromatic carbocycles. The smallest absolute Gasteiger partial charge is 0.126 e. The Hall–Kier alpha value is -0.970. The van der Waals surface area contributed by atoms with Gasteiger partial charge in [0, 0.05) is 25.7 Å². The lowest BCUT2D eigenvalue weighted by molar-refractivity contribution is 0.114. The van der Waals surface area contributed by atoms with Crippen LogP contribution in [0, 0.1) is 12.7 Å². The molecule has 20 heavy (non-hydrogen) atoms. The Kier molecular flexibility index (Phi) is 7.73. The average Bonchev–Trinajstić information content (AvgIpc) is 2.45. The number of ether oxygens (including phenoxy) is 1. The fraction of sp³-hybridized carbons (Fsp3) is 0.625. The van der Waals surface area contributed by atoms with Crippen molar-refractivity contribution < 1.29 is 9.13 Å². The molecule has 1 rings (SSSR count). The van der Waals surface area contributed by atoms with E-state index in [1.54, 1.807) is 19.1 Å². The maximum atomic E-state index is 13.5. The summed E-state index contributed by atoms with van der Waals surface area (Å²) in [6.45, 7) is 10.2. The normalized spacial score (nSPS) is 12.9. The van der Waals surface area contributed by atoms with Gasteiger partial charge in [-0.2, -0.15) is 0 Å². The molecule has 0 saturated carbocycles. The van der Waals surface area contributed by atoms with Crippen LogP contribution in [0.3, 0.4) is 0 Å².